The predicted molar refractivity (Wildman–Crippen MR) is 127 cm³/mol. The summed E-state index contributed by atoms with van der Waals surface area (Å²) in [6, 6.07) is 9.42. The van der Waals surface area contributed by atoms with Crippen molar-refractivity contribution in [1.82, 2.24) is 24.4 Å². The third-order valence-electron chi connectivity index (χ3n) is 5.86. The molecule has 8 nitrogen and oxygen atoms in total. The highest BCUT2D eigenvalue weighted by atomic mass is 32.1. The van der Waals surface area contributed by atoms with E-state index in [1.54, 1.807) is 36.1 Å². The summed E-state index contributed by atoms with van der Waals surface area (Å²) < 4.78 is 2.00. The first kappa shape index (κ1) is 21.3. The second-order valence-corrected chi connectivity index (χ2v) is 9.03. The lowest BCUT2D eigenvalue weighted by molar-refractivity contribution is -0.114. The summed E-state index contributed by atoms with van der Waals surface area (Å²) in [6.07, 6.45) is 7.89. The van der Waals surface area contributed by atoms with Gasteiger partial charge in [0, 0.05) is 55.5 Å². The molecule has 1 aliphatic rings. The van der Waals surface area contributed by atoms with E-state index in [9.17, 15) is 9.59 Å². The van der Waals surface area contributed by atoms with E-state index in [1.807, 2.05) is 39.1 Å². The molecule has 1 unspecified atom stereocenters. The molecule has 33 heavy (non-hydrogen) atoms. The molecule has 168 valence electrons. The van der Waals surface area contributed by atoms with E-state index in [0.29, 0.717) is 29.9 Å². The highest BCUT2D eigenvalue weighted by Crippen LogP contribution is 2.35. The van der Waals surface area contributed by atoms with Crippen LogP contribution in [-0.2, 0) is 17.8 Å². The average Bonchev–Trinajstić information content (AvgIpc) is 3.58. The van der Waals surface area contributed by atoms with Crippen LogP contribution >= 0.6 is 11.3 Å². The standard InChI is InChI=1S/C24H24N6O2S/c1-16(31)28-20-14-17(24(32)30-10-4-6-21(30)23-26-9-12-33-23)13-19-22(20)29(15-27-19)11-7-18-5-2-3-8-25-18/h2-3,5,8-9,12-15,21H,4,6-7,10-11H2,1H3,(H,28,31). The number of thiazole rings is 1. The molecule has 3 aromatic heterocycles. The fourth-order valence-corrected chi connectivity index (χ4v) is 5.18. The van der Waals surface area contributed by atoms with Crippen LogP contribution < -0.4 is 5.32 Å². The molecule has 0 radical (unpaired) electrons. The molecule has 0 bridgehead atoms. The third-order valence-corrected chi connectivity index (χ3v) is 6.73. The summed E-state index contributed by atoms with van der Waals surface area (Å²) in [5.41, 5.74) is 3.57. The Balaban J connectivity index is 1.47. The number of pyridine rings is 1. The topological polar surface area (TPSA) is 93.0 Å². The average molecular weight is 461 g/mol. The molecule has 1 atom stereocenters. The molecule has 1 saturated heterocycles. The Hall–Kier alpha value is -3.59. The summed E-state index contributed by atoms with van der Waals surface area (Å²) in [5.74, 6) is -0.260. The fourth-order valence-electron chi connectivity index (χ4n) is 4.40. The van der Waals surface area contributed by atoms with E-state index < -0.39 is 0 Å². The number of hydrogen-bond acceptors (Lipinski definition) is 6. The van der Waals surface area contributed by atoms with Gasteiger partial charge in [-0.1, -0.05) is 6.07 Å². The first-order valence-electron chi connectivity index (χ1n) is 11.0. The van der Waals surface area contributed by atoms with Crippen molar-refractivity contribution in [2.45, 2.75) is 38.8 Å². The molecule has 4 aromatic rings. The van der Waals surface area contributed by atoms with Gasteiger partial charge < -0.3 is 14.8 Å². The number of benzene rings is 1. The number of carbonyl (C=O) groups is 2. The highest BCUT2D eigenvalue weighted by molar-refractivity contribution is 7.09. The molecule has 1 aliphatic heterocycles. The molecular weight excluding hydrogens is 436 g/mol. The summed E-state index contributed by atoms with van der Waals surface area (Å²) in [7, 11) is 0. The molecule has 0 saturated carbocycles. The van der Waals surface area contributed by atoms with Crippen molar-refractivity contribution in [3.8, 4) is 0 Å². The molecule has 0 spiro atoms. The molecule has 0 aliphatic carbocycles. The Morgan fingerprint density at radius 1 is 1.18 bits per heavy atom. The SMILES string of the molecule is CC(=O)Nc1cc(C(=O)N2CCCC2c2nccs2)cc2ncn(CCc3ccccn3)c12. The van der Waals surface area contributed by atoms with E-state index in [1.165, 1.54) is 6.92 Å². The van der Waals surface area contributed by atoms with Crippen LogP contribution in [0.25, 0.3) is 11.0 Å². The van der Waals surface area contributed by atoms with E-state index in [4.69, 9.17) is 0 Å². The second kappa shape index (κ2) is 9.11. The molecule has 1 aromatic carbocycles. The Kier molecular flexibility index (Phi) is 5.87. The summed E-state index contributed by atoms with van der Waals surface area (Å²) in [5, 5.41) is 5.80. The third kappa shape index (κ3) is 4.36. The number of amides is 2. The van der Waals surface area contributed by atoms with Gasteiger partial charge in [-0.2, -0.15) is 0 Å². The number of aryl methyl sites for hydroxylation is 2. The van der Waals surface area contributed by atoms with Crippen molar-refractivity contribution < 1.29 is 9.59 Å². The zero-order valence-corrected chi connectivity index (χ0v) is 19.1. The summed E-state index contributed by atoms with van der Waals surface area (Å²) >= 11 is 1.57. The van der Waals surface area contributed by atoms with E-state index in [2.05, 4.69) is 20.3 Å². The number of aromatic nitrogens is 4. The minimum absolute atomic E-state index is 0.00616. The molecular formula is C24H24N6O2S. The van der Waals surface area contributed by atoms with E-state index >= 15 is 0 Å². The van der Waals surface area contributed by atoms with Crippen LogP contribution in [0.3, 0.4) is 0 Å². The van der Waals surface area contributed by atoms with Crippen LogP contribution in [-0.4, -0.2) is 42.8 Å². The quantitative estimate of drug-likeness (QED) is 0.468. The number of likely N-dealkylation sites (tertiary alicyclic amines) is 1. The molecule has 5 rings (SSSR count). The number of fused-ring (bicyclic) bond motifs is 1. The molecule has 1 N–H and O–H groups in total. The number of hydrogen-bond donors (Lipinski definition) is 1. The van der Waals surface area contributed by atoms with Gasteiger partial charge in [0.25, 0.3) is 5.91 Å². The highest BCUT2D eigenvalue weighted by Gasteiger charge is 2.32. The minimum atomic E-state index is -0.194. The van der Waals surface area contributed by atoms with Crippen LogP contribution in [0.2, 0.25) is 0 Å². The predicted octanol–water partition coefficient (Wildman–Crippen LogP) is 4.07. The number of nitrogens with zero attached hydrogens (tertiary/aromatic N) is 5. The minimum Gasteiger partial charge on any atom is -0.329 e. The van der Waals surface area contributed by atoms with Gasteiger partial charge in [-0.05, 0) is 37.1 Å². The maximum absolute atomic E-state index is 13.5. The lowest BCUT2D eigenvalue weighted by Crippen LogP contribution is -2.30. The van der Waals surface area contributed by atoms with Crippen molar-refractivity contribution >= 4 is 39.9 Å². The smallest absolute Gasteiger partial charge is 0.254 e. The zero-order chi connectivity index (χ0) is 22.8. The lowest BCUT2D eigenvalue weighted by Gasteiger charge is -2.23. The van der Waals surface area contributed by atoms with Gasteiger partial charge in [-0.15, -0.1) is 11.3 Å². The normalized spacial score (nSPS) is 15.8. The largest absolute Gasteiger partial charge is 0.329 e. The molecule has 9 heteroatoms. The Labute approximate surface area is 195 Å². The van der Waals surface area contributed by atoms with Crippen molar-refractivity contribution in [2.24, 2.45) is 0 Å². The molecule has 1 fully saturated rings. The van der Waals surface area contributed by atoms with Crippen molar-refractivity contribution in [3.05, 3.63) is 70.7 Å². The van der Waals surface area contributed by atoms with E-state index in [-0.39, 0.29) is 17.9 Å². The Morgan fingerprint density at radius 3 is 2.85 bits per heavy atom. The van der Waals surface area contributed by atoms with Crippen LogP contribution in [0.15, 0.2) is 54.4 Å². The summed E-state index contributed by atoms with van der Waals surface area (Å²) in [6.45, 7) is 2.81. The van der Waals surface area contributed by atoms with Crippen LogP contribution in [0.5, 0.6) is 0 Å². The first-order chi connectivity index (χ1) is 16.1. The van der Waals surface area contributed by atoms with Gasteiger partial charge in [0.1, 0.15) is 5.01 Å². The van der Waals surface area contributed by atoms with Gasteiger partial charge in [0.15, 0.2) is 0 Å². The fraction of sp³-hybridized carbons (Fsp3) is 0.292. The number of carbonyl (C=O) groups excluding carboxylic acids is 2. The van der Waals surface area contributed by atoms with Crippen LogP contribution in [0.1, 0.15) is 46.9 Å². The van der Waals surface area contributed by atoms with E-state index in [0.717, 1.165) is 35.5 Å². The molecule has 4 heterocycles. The number of imidazole rings is 1. The van der Waals surface area contributed by atoms with Crippen molar-refractivity contribution in [2.75, 3.05) is 11.9 Å². The Bertz CT molecular complexity index is 1290. The second-order valence-electron chi connectivity index (χ2n) is 8.11. The monoisotopic (exact) mass is 460 g/mol. The van der Waals surface area contributed by atoms with Gasteiger partial charge in [-0.25, -0.2) is 9.97 Å². The Morgan fingerprint density at radius 2 is 2.09 bits per heavy atom. The maximum Gasteiger partial charge on any atom is 0.254 e. The van der Waals surface area contributed by atoms with Crippen LogP contribution in [0.4, 0.5) is 5.69 Å². The zero-order valence-electron chi connectivity index (χ0n) is 18.3. The number of rotatable bonds is 6. The van der Waals surface area contributed by atoms with Crippen molar-refractivity contribution in [1.29, 1.82) is 0 Å². The van der Waals surface area contributed by atoms with Crippen LogP contribution in [0, 0.1) is 0 Å². The molecule has 2 amide bonds. The number of anilines is 1. The van der Waals surface area contributed by atoms with Crippen molar-refractivity contribution in [3.63, 3.8) is 0 Å². The van der Waals surface area contributed by atoms with Gasteiger partial charge >= 0.3 is 0 Å². The number of nitrogens with one attached hydrogen (secondary N) is 1. The van der Waals surface area contributed by atoms with Gasteiger partial charge in [0.05, 0.1) is 29.1 Å². The summed E-state index contributed by atoms with van der Waals surface area (Å²) in [4.78, 5) is 40.7. The van der Waals surface area contributed by atoms with Gasteiger partial charge in [-0.3, -0.25) is 14.6 Å². The maximum atomic E-state index is 13.5. The van der Waals surface area contributed by atoms with Gasteiger partial charge in [0.2, 0.25) is 5.91 Å². The first-order valence-corrected chi connectivity index (χ1v) is 11.8. The lowest BCUT2D eigenvalue weighted by atomic mass is 10.1.